The van der Waals surface area contributed by atoms with Crippen LogP contribution in [0, 0.1) is 0 Å². The molecule has 4 nitrogen and oxygen atoms in total. The molecule has 31 heavy (non-hydrogen) atoms. The number of pyridine rings is 1. The summed E-state index contributed by atoms with van der Waals surface area (Å²) in [7, 11) is 4.10. The van der Waals surface area contributed by atoms with Crippen LogP contribution in [0.5, 0.6) is 0 Å². The maximum atomic E-state index is 4.87. The van der Waals surface area contributed by atoms with E-state index in [1.807, 2.05) is 6.07 Å². The smallest absolute Gasteiger partial charge is 0.131 e. The van der Waals surface area contributed by atoms with E-state index in [-0.39, 0.29) is 0 Å². The molecule has 0 bridgehead atoms. The number of nitrogens with zero attached hydrogens (tertiary/aromatic N) is 3. The first kappa shape index (κ1) is 19.2. The van der Waals surface area contributed by atoms with Gasteiger partial charge in [0.05, 0.1) is 5.69 Å². The maximum absolute atomic E-state index is 4.87. The van der Waals surface area contributed by atoms with Crippen LogP contribution in [0.4, 0.5) is 17.2 Å². The second kappa shape index (κ2) is 7.80. The molecule has 5 rings (SSSR count). The van der Waals surface area contributed by atoms with Gasteiger partial charge in [-0.3, -0.25) is 0 Å². The minimum absolute atomic E-state index is 0.839. The van der Waals surface area contributed by atoms with E-state index in [0.29, 0.717) is 0 Å². The highest BCUT2D eigenvalue weighted by Gasteiger charge is 2.10. The van der Waals surface area contributed by atoms with Crippen LogP contribution in [0.15, 0.2) is 84.9 Å². The summed E-state index contributed by atoms with van der Waals surface area (Å²) in [6.07, 6.45) is 0. The van der Waals surface area contributed by atoms with Crippen molar-refractivity contribution >= 4 is 39.0 Å². The van der Waals surface area contributed by atoms with Gasteiger partial charge in [-0.15, -0.1) is 0 Å². The van der Waals surface area contributed by atoms with Crippen LogP contribution in [0.1, 0.15) is 6.92 Å². The van der Waals surface area contributed by atoms with Gasteiger partial charge in [0, 0.05) is 59.4 Å². The molecule has 0 unspecified atom stereocenters. The largest absolute Gasteiger partial charge is 0.378 e. The lowest BCUT2D eigenvalue weighted by Crippen LogP contribution is -2.08. The summed E-state index contributed by atoms with van der Waals surface area (Å²) in [5, 5.41) is 6.05. The molecule has 0 saturated heterocycles. The fraction of sp³-hybridized carbons (Fsp3) is 0.148. The molecule has 0 fully saturated rings. The van der Waals surface area contributed by atoms with Crippen molar-refractivity contribution in [2.24, 2.45) is 0 Å². The number of anilines is 3. The first-order valence-corrected chi connectivity index (χ1v) is 10.7. The Kier molecular flexibility index (Phi) is 4.83. The molecule has 154 valence electrons. The van der Waals surface area contributed by atoms with Crippen LogP contribution < -0.4 is 10.2 Å². The molecule has 2 heterocycles. The summed E-state index contributed by atoms with van der Waals surface area (Å²) in [5.74, 6) is 0.839. The maximum Gasteiger partial charge on any atom is 0.131 e. The number of hydrogen-bond donors (Lipinski definition) is 1. The second-order valence-electron chi connectivity index (χ2n) is 7.97. The Hall–Kier alpha value is -3.79. The average molecular weight is 407 g/mol. The summed E-state index contributed by atoms with van der Waals surface area (Å²) in [6, 6.07) is 29.7. The van der Waals surface area contributed by atoms with Crippen molar-refractivity contribution in [2.45, 2.75) is 13.5 Å². The Bertz CT molecular complexity index is 1380. The monoisotopic (exact) mass is 406 g/mol. The van der Waals surface area contributed by atoms with Gasteiger partial charge in [-0.1, -0.05) is 36.4 Å². The predicted octanol–water partition coefficient (Wildman–Crippen LogP) is 6.69. The van der Waals surface area contributed by atoms with Crippen LogP contribution >= 0.6 is 0 Å². The third kappa shape index (κ3) is 3.50. The van der Waals surface area contributed by atoms with E-state index < -0.39 is 0 Å². The van der Waals surface area contributed by atoms with Crippen molar-refractivity contribution in [2.75, 3.05) is 24.3 Å². The Morgan fingerprint density at radius 2 is 1.61 bits per heavy atom. The molecular weight excluding hydrogens is 380 g/mol. The van der Waals surface area contributed by atoms with Crippen molar-refractivity contribution in [3.63, 3.8) is 0 Å². The third-order valence-electron chi connectivity index (χ3n) is 5.77. The molecule has 2 aromatic heterocycles. The van der Waals surface area contributed by atoms with Gasteiger partial charge in [0.1, 0.15) is 5.82 Å². The summed E-state index contributed by atoms with van der Waals surface area (Å²) < 4.78 is 2.37. The molecule has 3 aromatic carbocycles. The zero-order chi connectivity index (χ0) is 21.4. The first-order valence-electron chi connectivity index (χ1n) is 10.7. The minimum atomic E-state index is 0.839. The second-order valence-corrected chi connectivity index (χ2v) is 7.97. The van der Waals surface area contributed by atoms with Gasteiger partial charge in [0.25, 0.3) is 0 Å². The van der Waals surface area contributed by atoms with Crippen molar-refractivity contribution in [3.8, 4) is 11.3 Å². The van der Waals surface area contributed by atoms with Crippen LogP contribution in [0.25, 0.3) is 33.1 Å². The lowest BCUT2D eigenvalue weighted by molar-refractivity contribution is 0.827. The normalized spacial score (nSPS) is 11.2. The lowest BCUT2D eigenvalue weighted by atomic mass is 10.1. The fourth-order valence-corrected chi connectivity index (χ4v) is 4.23. The van der Waals surface area contributed by atoms with E-state index in [4.69, 9.17) is 4.98 Å². The molecule has 0 saturated carbocycles. The highest BCUT2D eigenvalue weighted by atomic mass is 15.1. The van der Waals surface area contributed by atoms with Gasteiger partial charge in [-0.25, -0.2) is 4.98 Å². The number of hydrogen-bond acceptors (Lipinski definition) is 3. The molecule has 0 aliphatic rings. The quantitative estimate of drug-likeness (QED) is 0.353. The van der Waals surface area contributed by atoms with Gasteiger partial charge < -0.3 is 14.8 Å². The highest BCUT2D eigenvalue weighted by molar-refractivity contribution is 6.09. The number of aromatic nitrogens is 2. The SMILES string of the molecule is CCn1c2ccccc2c2cc(Nc3cccc(-c4cccc(N(C)C)c4)n3)ccc21. The first-order chi connectivity index (χ1) is 15.1. The Morgan fingerprint density at radius 3 is 2.45 bits per heavy atom. The minimum Gasteiger partial charge on any atom is -0.378 e. The van der Waals surface area contributed by atoms with E-state index in [2.05, 4.69) is 115 Å². The van der Waals surface area contributed by atoms with Crippen molar-refractivity contribution in [1.29, 1.82) is 0 Å². The molecule has 5 aromatic rings. The zero-order valence-electron chi connectivity index (χ0n) is 18.1. The summed E-state index contributed by atoms with van der Waals surface area (Å²) in [4.78, 5) is 6.97. The number of nitrogens with one attached hydrogen (secondary N) is 1. The zero-order valence-corrected chi connectivity index (χ0v) is 18.1. The molecule has 0 aliphatic heterocycles. The van der Waals surface area contributed by atoms with Crippen molar-refractivity contribution in [1.82, 2.24) is 9.55 Å². The average Bonchev–Trinajstić information content (AvgIpc) is 3.12. The van der Waals surface area contributed by atoms with Crippen LogP contribution in [0.3, 0.4) is 0 Å². The van der Waals surface area contributed by atoms with E-state index in [1.54, 1.807) is 0 Å². The van der Waals surface area contributed by atoms with E-state index in [0.717, 1.165) is 35.0 Å². The standard InChI is InChI=1S/C27H26N4/c1-4-31-25-13-6-5-11-22(25)23-18-20(15-16-26(23)31)28-27-14-8-12-24(29-27)19-9-7-10-21(17-19)30(2)3/h5-18H,4H2,1-3H3,(H,28,29). The summed E-state index contributed by atoms with van der Waals surface area (Å²) in [6.45, 7) is 3.14. The molecule has 0 atom stereocenters. The van der Waals surface area contributed by atoms with Crippen LogP contribution in [-0.4, -0.2) is 23.6 Å². The van der Waals surface area contributed by atoms with Crippen LogP contribution in [0.2, 0.25) is 0 Å². The molecule has 0 radical (unpaired) electrons. The lowest BCUT2D eigenvalue weighted by Gasteiger charge is -2.14. The fourth-order valence-electron chi connectivity index (χ4n) is 4.23. The highest BCUT2D eigenvalue weighted by Crippen LogP contribution is 2.32. The van der Waals surface area contributed by atoms with Gasteiger partial charge in [-0.2, -0.15) is 0 Å². The Morgan fingerprint density at radius 1 is 0.806 bits per heavy atom. The number of benzene rings is 3. The summed E-state index contributed by atoms with van der Waals surface area (Å²) >= 11 is 0. The van der Waals surface area contributed by atoms with Gasteiger partial charge in [0.2, 0.25) is 0 Å². The molecule has 0 amide bonds. The number of para-hydroxylation sites is 1. The van der Waals surface area contributed by atoms with Crippen molar-refractivity contribution < 1.29 is 0 Å². The number of aryl methyl sites for hydroxylation is 1. The number of fused-ring (bicyclic) bond motifs is 3. The van der Waals surface area contributed by atoms with Gasteiger partial charge in [-0.05, 0) is 55.5 Å². The van der Waals surface area contributed by atoms with E-state index >= 15 is 0 Å². The van der Waals surface area contributed by atoms with E-state index in [9.17, 15) is 0 Å². The molecule has 4 heteroatoms. The predicted molar refractivity (Wildman–Crippen MR) is 132 cm³/mol. The van der Waals surface area contributed by atoms with Gasteiger partial charge in [0.15, 0.2) is 0 Å². The topological polar surface area (TPSA) is 33.1 Å². The third-order valence-corrected chi connectivity index (χ3v) is 5.77. The molecular formula is C27H26N4. The Balaban J connectivity index is 1.51. The summed E-state index contributed by atoms with van der Waals surface area (Å²) in [5.41, 5.74) is 6.80. The van der Waals surface area contributed by atoms with Gasteiger partial charge >= 0.3 is 0 Å². The number of rotatable bonds is 5. The van der Waals surface area contributed by atoms with Crippen LogP contribution in [-0.2, 0) is 6.54 Å². The Labute approximate surface area is 182 Å². The van der Waals surface area contributed by atoms with Crippen molar-refractivity contribution in [3.05, 3.63) is 84.9 Å². The molecule has 0 aliphatic carbocycles. The molecule has 1 N–H and O–H groups in total. The van der Waals surface area contributed by atoms with E-state index in [1.165, 1.54) is 21.8 Å². The molecule has 0 spiro atoms.